The minimum Gasteiger partial charge on any atom is -0.506 e. The minimum absolute atomic E-state index is 0.157. The van der Waals surface area contributed by atoms with Crippen LogP contribution in [0, 0.1) is 5.41 Å². The number of nitrogens with zero attached hydrogens (tertiary/aromatic N) is 2. The van der Waals surface area contributed by atoms with Crippen molar-refractivity contribution >= 4 is 27.7 Å². The molecule has 0 unspecified atom stereocenters. The maximum absolute atomic E-state index is 10.1. The van der Waals surface area contributed by atoms with E-state index in [-0.39, 0.29) is 11.2 Å². The van der Waals surface area contributed by atoms with Crippen LogP contribution in [0.4, 0.5) is 0 Å². The van der Waals surface area contributed by atoms with Gasteiger partial charge in [0.1, 0.15) is 17.0 Å². The molecule has 5 rings (SSSR count). The lowest BCUT2D eigenvalue weighted by molar-refractivity contribution is 0.275. The predicted molar refractivity (Wildman–Crippen MR) is 124 cm³/mol. The zero-order valence-electron chi connectivity index (χ0n) is 17.3. The molecule has 2 aliphatic rings. The Morgan fingerprint density at radius 2 is 1.93 bits per heavy atom. The number of benzene rings is 2. The molecule has 3 aromatic rings. The van der Waals surface area contributed by atoms with Gasteiger partial charge in [-0.3, -0.25) is 4.99 Å². The molecule has 0 spiro atoms. The number of aromatic nitrogens is 1. The number of phenolic OH excluding ortho intramolecular Hbond substituents is 1. The average molecular weight is 419 g/mol. The van der Waals surface area contributed by atoms with Crippen LogP contribution >= 0.6 is 11.8 Å². The third kappa shape index (κ3) is 3.67. The maximum Gasteiger partial charge on any atom is 0.219 e. The van der Waals surface area contributed by atoms with Crippen molar-refractivity contribution in [3.05, 3.63) is 60.2 Å². The maximum atomic E-state index is 10.1. The molecule has 1 aliphatic heterocycles. The number of thioether (sulfide) groups is 1. The average Bonchev–Trinajstić information content (AvgIpc) is 3.12. The van der Waals surface area contributed by atoms with E-state index in [4.69, 9.17) is 9.73 Å². The normalized spacial score (nSPS) is 22.9. The summed E-state index contributed by atoms with van der Waals surface area (Å²) in [6, 6.07) is 17.6. The second-order valence-electron chi connectivity index (χ2n) is 8.90. The zero-order chi connectivity index (χ0) is 20.7. The van der Waals surface area contributed by atoms with Crippen molar-refractivity contribution in [2.75, 3.05) is 0 Å². The van der Waals surface area contributed by atoms with Gasteiger partial charge in [-0.05, 0) is 42.5 Å². The van der Waals surface area contributed by atoms with Gasteiger partial charge in [0.2, 0.25) is 5.88 Å². The molecule has 1 saturated carbocycles. The van der Waals surface area contributed by atoms with Gasteiger partial charge in [0.05, 0.1) is 11.1 Å². The standard InChI is InChI=1S/C25H26N2O2S/c1-25(2)14-4-3-11-20-23(25)27-24(30-20)17-8-5-9-18(15-17)29-21-13-12-16-7-6-10-19(28)22(16)26-21/h5-10,12-13,15,20,23,28H,3-4,11,14H2,1-2H3/t20-,23-/m1/s1. The van der Waals surface area contributed by atoms with Crippen LogP contribution in [0.5, 0.6) is 17.4 Å². The Balaban J connectivity index is 1.41. The van der Waals surface area contributed by atoms with Crippen LogP contribution in [-0.4, -0.2) is 26.4 Å². The van der Waals surface area contributed by atoms with Gasteiger partial charge in [-0.15, -0.1) is 11.8 Å². The molecule has 2 atom stereocenters. The fourth-order valence-electron chi connectivity index (χ4n) is 4.54. The van der Waals surface area contributed by atoms with Gasteiger partial charge >= 0.3 is 0 Å². The number of aromatic hydroxyl groups is 1. The van der Waals surface area contributed by atoms with Crippen LogP contribution in [-0.2, 0) is 0 Å². The molecule has 4 nitrogen and oxygen atoms in total. The highest BCUT2D eigenvalue weighted by Crippen LogP contribution is 2.46. The molecule has 1 aromatic heterocycles. The highest BCUT2D eigenvalue weighted by Gasteiger charge is 2.42. The van der Waals surface area contributed by atoms with Gasteiger partial charge < -0.3 is 9.84 Å². The SMILES string of the molecule is CC1(C)CCCC[C@H]2SC(c3cccc(Oc4ccc5cccc(O)c5n4)c3)=N[C@H]21. The fraction of sp³-hybridized carbons (Fsp3) is 0.360. The van der Waals surface area contributed by atoms with E-state index in [2.05, 4.69) is 24.9 Å². The van der Waals surface area contributed by atoms with Crippen LogP contribution in [0.15, 0.2) is 59.6 Å². The molecular weight excluding hydrogens is 392 g/mol. The number of phenols is 1. The number of aliphatic imine (C=N–C) groups is 1. The van der Waals surface area contributed by atoms with Crippen molar-refractivity contribution in [3.8, 4) is 17.4 Å². The Kier molecular flexibility index (Phi) is 4.94. The van der Waals surface area contributed by atoms with E-state index in [0.717, 1.165) is 21.7 Å². The lowest BCUT2D eigenvalue weighted by Crippen LogP contribution is -2.32. The highest BCUT2D eigenvalue weighted by molar-refractivity contribution is 8.15. The summed E-state index contributed by atoms with van der Waals surface area (Å²) in [5.41, 5.74) is 1.90. The van der Waals surface area contributed by atoms with Crippen molar-refractivity contribution in [3.63, 3.8) is 0 Å². The first-order valence-corrected chi connectivity index (χ1v) is 11.5. The van der Waals surface area contributed by atoms with Crippen molar-refractivity contribution in [1.82, 2.24) is 4.98 Å². The molecule has 0 amide bonds. The number of hydrogen-bond acceptors (Lipinski definition) is 5. The minimum atomic E-state index is 0.157. The van der Waals surface area contributed by atoms with Crippen molar-refractivity contribution in [2.45, 2.75) is 50.8 Å². The van der Waals surface area contributed by atoms with E-state index in [1.807, 2.05) is 54.2 Å². The number of fused-ring (bicyclic) bond motifs is 2. The Morgan fingerprint density at radius 3 is 2.83 bits per heavy atom. The van der Waals surface area contributed by atoms with Gasteiger partial charge in [-0.25, -0.2) is 4.98 Å². The van der Waals surface area contributed by atoms with Gasteiger partial charge in [0, 0.05) is 22.3 Å². The second kappa shape index (κ2) is 7.62. The number of para-hydroxylation sites is 1. The summed E-state index contributed by atoms with van der Waals surface area (Å²) >= 11 is 1.93. The molecule has 5 heteroatoms. The number of hydrogen-bond donors (Lipinski definition) is 1. The first kappa shape index (κ1) is 19.4. The molecule has 154 valence electrons. The molecular formula is C25H26N2O2S. The summed E-state index contributed by atoms with van der Waals surface area (Å²) in [5.74, 6) is 1.35. The largest absolute Gasteiger partial charge is 0.506 e. The van der Waals surface area contributed by atoms with Crippen LogP contribution in [0.2, 0.25) is 0 Å². The molecule has 0 saturated heterocycles. The van der Waals surface area contributed by atoms with Crippen LogP contribution in [0.25, 0.3) is 10.9 Å². The number of rotatable bonds is 3. The Hall–Kier alpha value is -2.53. The molecule has 1 aliphatic carbocycles. The summed E-state index contributed by atoms with van der Waals surface area (Å²) in [6.07, 6.45) is 5.09. The Bertz CT molecular complexity index is 1130. The highest BCUT2D eigenvalue weighted by atomic mass is 32.2. The summed E-state index contributed by atoms with van der Waals surface area (Å²) in [6.45, 7) is 4.73. The summed E-state index contributed by atoms with van der Waals surface area (Å²) in [5, 5.41) is 12.7. The topological polar surface area (TPSA) is 54.7 Å². The van der Waals surface area contributed by atoms with E-state index in [0.29, 0.717) is 22.7 Å². The predicted octanol–water partition coefficient (Wildman–Crippen LogP) is 6.56. The first-order chi connectivity index (χ1) is 14.5. The summed E-state index contributed by atoms with van der Waals surface area (Å²) < 4.78 is 6.03. The monoisotopic (exact) mass is 418 g/mol. The molecule has 30 heavy (non-hydrogen) atoms. The fourth-order valence-corrected chi connectivity index (χ4v) is 6.11. The van der Waals surface area contributed by atoms with Gasteiger partial charge in [0.25, 0.3) is 0 Å². The van der Waals surface area contributed by atoms with Crippen LogP contribution in [0.3, 0.4) is 0 Å². The van der Waals surface area contributed by atoms with E-state index < -0.39 is 0 Å². The van der Waals surface area contributed by atoms with E-state index in [9.17, 15) is 5.11 Å². The van der Waals surface area contributed by atoms with Crippen LogP contribution in [0.1, 0.15) is 45.1 Å². The van der Waals surface area contributed by atoms with Gasteiger partial charge in [0.15, 0.2) is 0 Å². The lowest BCUT2D eigenvalue weighted by atomic mass is 9.80. The number of ether oxygens (including phenoxy) is 1. The van der Waals surface area contributed by atoms with Crippen molar-refractivity contribution < 1.29 is 9.84 Å². The number of pyridine rings is 1. The zero-order valence-corrected chi connectivity index (χ0v) is 18.2. The Morgan fingerprint density at radius 1 is 1.07 bits per heavy atom. The molecule has 1 N–H and O–H groups in total. The van der Waals surface area contributed by atoms with E-state index in [1.165, 1.54) is 25.7 Å². The smallest absolute Gasteiger partial charge is 0.219 e. The van der Waals surface area contributed by atoms with Gasteiger partial charge in [-0.2, -0.15) is 0 Å². The van der Waals surface area contributed by atoms with Crippen molar-refractivity contribution in [2.24, 2.45) is 10.4 Å². The van der Waals surface area contributed by atoms with Crippen LogP contribution < -0.4 is 4.74 Å². The third-order valence-electron chi connectivity index (χ3n) is 6.21. The molecule has 0 radical (unpaired) electrons. The van der Waals surface area contributed by atoms with E-state index in [1.54, 1.807) is 6.07 Å². The molecule has 2 heterocycles. The second-order valence-corrected chi connectivity index (χ2v) is 10.1. The van der Waals surface area contributed by atoms with Crippen molar-refractivity contribution in [1.29, 1.82) is 0 Å². The lowest BCUT2D eigenvalue weighted by Gasteiger charge is -2.30. The van der Waals surface area contributed by atoms with E-state index >= 15 is 0 Å². The first-order valence-electron chi connectivity index (χ1n) is 10.6. The quantitative estimate of drug-likeness (QED) is 0.523. The molecule has 0 bridgehead atoms. The third-order valence-corrected chi connectivity index (χ3v) is 7.57. The van der Waals surface area contributed by atoms with Gasteiger partial charge in [-0.1, -0.05) is 51.0 Å². The molecule has 2 aromatic carbocycles. The molecule has 1 fully saturated rings. The summed E-state index contributed by atoms with van der Waals surface area (Å²) in [7, 11) is 0. The Labute approximate surface area is 181 Å². The summed E-state index contributed by atoms with van der Waals surface area (Å²) in [4.78, 5) is 9.65.